The molecule has 0 bridgehead atoms. The highest BCUT2D eigenvalue weighted by atomic mass is 35.5. The number of anilines is 3. The molecule has 34 heavy (non-hydrogen) atoms. The summed E-state index contributed by atoms with van der Waals surface area (Å²) >= 11 is 5.78. The molecule has 3 N–H and O–H groups in total. The van der Waals surface area contributed by atoms with E-state index in [1.807, 2.05) is 4.57 Å². The molecule has 2 aromatic heterocycles. The summed E-state index contributed by atoms with van der Waals surface area (Å²) in [5, 5.41) is 15.6. The average molecular weight is 493 g/mol. The van der Waals surface area contributed by atoms with Gasteiger partial charge in [0.05, 0.1) is 18.9 Å². The molecule has 11 heteroatoms. The molecule has 1 aromatic carbocycles. The Balaban J connectivity index is 1.51. The van der Waals surface area contributed by atoms with E-state index in [9.17, 15) is 13.9 Å². The lowest BCUT2D eigenvalue weighted by molar-refractivity contribution is -0.0213. The summed E-state index contributed by atoms with van der Waals surface area (Å²) in [4.78, 5) is 13.7. The van der Waals surface area contributed by atoms with Gasteiger partial charge < -0.3 is 20.5 Å². The number of aliphatic hydroxyl groups is 1. The van der Waals surface area contributed by atoms with Gasteiger partial charge in [0.2, 0.25) is 11.9 Å². The second-order valence-corrected chi connectivity index (χ2v) is 9.35. The van der Waals surface area contributed by atoms with Gasteiger partial charge in [0.1, 0.15) is 11.2 Å². The zero-order chi connectivity index (χ0) is 23.7. The van der Waals surface area contributed by atoms with Crippen molar-refractivity contribution in [3.05, 3.63) is 35.0 Å². The van der Waals surface area contributed by atoms with Gasteiger partial charge in [-0.05, 0) is 37.8 Å². The lowest BCUT2D eigenvalue weighted by Crippen LogP contribution is -2.36. The summed E-state index contributed by atoms with van der Waals surface area (Å²) < 4.78 is 36.5. The number of fused-ring (bicyclic) bond motifs is 1. The van der Waals surface area contributed by atoms with Crippen molar-refractivity contribution in [2.75, 3.05) is 23.8 Å². The average Bonchev–Trinajstić information content (AvgIpc) is 3.19. The molecule has 1 aliphatic heterocycles. The van der Waals surface area contributed by atoms with Gasteiger partial charge in [0.15, 0.2) is 17.3 Å². The van der Waals surface area contributed by atoms with Crippen LogP contribution in [0.25, 0.3) is 11.2 Å². The van der Waals surface area contributed by atoms with Gasteiger partial charge in [-0.25, -0.2) is 18.7 Å². The van der Waals surface area contributed by atoms with Crippen LogP contribution < -0.4 is 10.6 Å². The number of nitrogens with one attached hydrogen (secondary N) is 2. The Labute approximate surface area is 200 Å². The van der Waals surface area contributed by atoms with Crippen LogP contribution in [0.1, 0.15) is 51.0 Å². The Hall–Kier alpha value is -2.56. The summed E-state index contributed by atoms with van der Waals surface area (Å²) in [7, 11) is 0. The Bertz CT molecular complexity index is 1150. The molecular weight excluding hydrogens is 466 g/mol. The van der Waals surface area contributed by atoms with Crippen molar-refractivity contribution in [1.29, 1.82) is 0 Å². The maximum atomic E-state index is 14.5. The minimum absolute atomic E-state index is 0.0144. The summed E-state index contributed by atoms with van der Waals surface area (Å²) in [6, 6.07) is 2.31. The minimum Gasteiger partial charge on any atom is -0.394 e. The van der Waals surface area contributed by atoms with E-state index in [1.54, 1.807) is 6.20 Å². The molecule has 1 saturated carbocycles. The molecule has 2 atom stereocenters. The molecule has 2 fully saturated rings. The number of hydrogen-bond donors (Lipinski definition) is 3. The fourth-order valence-electron chi connectivity index (χ4n) is 4.83. The molecule has 0 radical (unpaired) electrons. The fourth-order valence-corrected chi connectivity index (χ4v) is 5.02. The Morgan fingerprint density at radius 1 is 1.12 bits per heavy atom. The summed E-state index contributed by atoms with van der Waals surface area (Å²) in [6.07, 6.45) is 7.98. The van der Waals surface area contributed by atoms with Gasteiger partial charge in [-0.2, -0.15) is 4.98 Å². The lowest BCUT2D eigenvalue weighted by atomic mass is 9.95. The van der Waals surface area contributed by atoms with Gasteiger partial charge in [-0.15, -0.1) is 0 Å². The van der Waals surface area contributed by atoms with E-state index in [2.05, 4.69) is 20.6 Å². The van der Waals surface area contributed by atoms with Crippen LogP contribution in [0, 0.1) is 11.6 Å². The van der Waals surface area contributed by atoms with Crippen LogP contribution in [0.15, 0.2) is 18.3 Å². The van der Waals surface area contributed by atoms with Crippen molar-refractivity contribution in [1.82, 2.24) is 19.5 Å². The van der Waals surface area contributed by atoms with Crippen LogP contribution in [0.2, 0.25) is 5.02 Å². The van der Waals surface area contributed by atoms with Gasteiger partial charge in [0.25, 0.3) is 0 Å². The molecule has 1 saturated heterocycles. The summed E-state index contributed by atoms with van der Waals surface area (Å²) in [5.41, 5.74) is 0.835. The number of aliphatic hydroxyl groups excluding tert-OH is 1. The van der Waals surface area contributed by atoms with Gasteiger partial charge in [0, 0.05) is 23.7 Å². The molecular formula is C23H27ClF2N6O2. The van der Waals surface area contributed by atoms with E-state index in [1.165, 1.54) is 0 Å². The minimum atomic E-state index is -0.793. The monoisotopic (exact) mass is 492 g/mol. The zero-order valence-corrected chi connectivity index (χ0v) is 19.4. The Morgan fingerprint density at radius 3 is 2.62 bits per heavy atom. The normalized spacial score (nSPS) is 21.6. The quantitative estimate of drug-likeness (QED) is 0.447. The molecule has 2 aliphatic rings. The highest BCUT2D eigenvalue weighted by Gasteiger charge is 2.26. The van der Waals surface area contributed by atoms with Crippen LogP contribution in [0.4, 0.5) is 26.4 Å². The van der Waals surface area contributed by atoms with Crippen LogP contribution in [0.5, 0.6) is 0 Å². The number of halogens is 3. The van der Waals surface area contributed by atoms with Gasteiger partial charge in [-0.3, -0.25) is 4.57 Å². The molecule has 3 aromatic rings. The van der Waals surface area contributed by atoms with E-state index in [4.69, 9.17) is 21.3 Å². The number of hydrogen-bond acceptors (Lipinski definition) is 7. The first kappa shape index (κ1) is 23.2. The van der Waals surface area contributed by atoms with Crippen molar-refractivity contribution in [2.24, 2.45) is 0 Å². The van der Waals surface area contributed by atoms with Crippen molar-refractivity contribution >= 4 is 40.3 Å². The predicted octanol–water partition coefficient (Wildman–Crippen LogP) is 4.96. The third-order valence-electron chi connectivity index (χ3n) is 6.52. The third kappa shape index (κ3) is 4.80. The largest absolute Gasteiger partial charge is 0.394 e. The molecule has 8 nitrogen and oxygen atoms in total. The van der Waals surface area contributed by atoms with E-state index in [0.717, 1.165) is 50.7 Å². The van der Waals surface area contributed by atoms with Crippen LogP contribution >= 0.6 is 11.6 Å². The van der Waals surface area contributed by atoms with E-state index in [-0.39, 0.29) is 35.5 Å². The van der Waals surface area contributed by atoms with Crippen LogP contribution in [0.3, 0.4) is 0 Å². The van der Waals surface area contributed by atoms with Crippen molar-refractivity contribution in [3.63, 3.8) is 0 Å². The predicted molar refractivity (Wildman–Crippen MR) is 126 cm³/mol. The first-order valence-electron chi connectivity index (χ1n) is 11.7. The first-order chi connectivity index (χ1) is 16.5. The first-order valence-corrected chi connectivity index (χ1v) is 12.0. The third-order valence-corrected chi connectivity index (χ3v) is 6.74. The topological polar surface area (TPSA) is 97.1 Å². The van der Waals surface area contributed by atoms with Gasteiger partial charge in [-0.1, -0.05) is 30.9 Å². The maximum absolute atomic E-state index is 14.5. The summed E-state index contributed by atoms with van der Waals surface area (Å²) in [5.74, 6) is -0.819. The second-order valence-electron chi connectivity index (χ2n) is 8.91. The summed E-state index contributed by atoms with van der Waals surface area (Å²) in [6.45, 7) is 0.525. The molecule has 182 valence electrons. The van der Waals surface area contributed by atoms with Crippen LogP contribution in [-0.2, 0) is 4.74 Å². The van der Waals surface area contributed by atoms with Crippen molar-refractivity contribution < 1.29 is 18.6 Å². The number of benzene rings is 1. The number of nitrogens with zero attached hydrogens (tertiary/aromatic N) is 4. The smallest absolute Gasteiger partial charge is 0.224 e. The van der Waals surface area contributed by atoms with Crippen molar-refractivity contribution in [3.8, 4) is 0 Å². The lowest BCUT2D eigenvalue weighted by Gasteiger charge is -2.29. The van der Waals surface area contributed by atoms with E-state index < -0.39 is 11.6 Å². The van der Waals surface area contributed by atoms with E-state index >= 15 is 0 Å². The number of aromatic nitrogens is 4. The zero-order valence-electron chi connectivity index (χ0n) is 18.6. The molecule has 5 rings (SSSR count). The number of imidazole rings is 1. The molecule has 3 heterocycles. The number of ether oxygens (including phenoxy) is 1. The Morgan fingerprint density at radius 2 is 1.88 bits per heavy atom. The molecule has 1 aliphatic carbocycles. The SMILES string of the molecule is OC[C@@H]1C[C@H](Nc2ncc3nc(Nc4c(F)cc(Cl)cc4F)n(C4CCCCC4)c3n2)CCO1. The van der Waals surface area contributed by atoms with E-state index in [0.29, 0.717) is 36.1 Å². The second kappa shape index (κ2) is 9.97. The van der Waals surface area contributed by atoms with Gasteiger partial charge >= 0.3 is 0 Å². The molecule has 0 unspecified atom stereocenters. The highest BCUT2D eigenvalue weighted by Crippen LogP contribution is 2.36. The van der Waals surface area contributed by atoms with Crippen LogP contribution in [-0.4, -0.2) is 50.0 Å². The maximum Gasteiger partial charge on any atom is 0.224 e. The standard InChI is InChI=1S/C23H27ClF2N6O2/c24-13-8-17(25)20(18(26)9-13)30-23-29-19-11-27-22(28-14-6-7-34-16(10-14)12-33)31-21(19)32(23)15-4-2-1-3-5-15/h8-9,11,14-16,33H,1-7,10,12H2,(H,29,30)(H,27,28,31)/t14-,16+/m1/s1. The molecule has 0 spiro atoms. The fraction of sp³-hybridized carbons (Fsp3) is 0.522. The van der Waals surface area contributed by atoms with Crippen molar-refractivity contribution in [2.45, 2.75) is 63.1 Å². The Kier molecular flexibility index (Phi) is 6.80. The number of rotatable bonds is 6. The molecule has 0 amide bonds. The highest BCUT2D eigenvalue weighted by molar-refractivity contribution is 6.30.